The Morgan fingerprint density at radius 1 is 1.21 bits per heavy atom. The van der Waals surface area contributed by atoms with E-state index in [4.69, 9.17) is 5.11 Å². The summed E-state index contributed by atoms with van der Waals surface area (Å²) in [5.74, 6) is 5.79. The van der Waals surface area contributed by atoms with Gasteiger partial charge in [-0.1, -0.05) is 19.8 Å². The third-order valence-corrected chi connectivity index (χ3v) is 5.82. The average Bonchev–Trinajstić information content (AvgIpc) is 3.03. The molecule has 0 spiro atoms. The molecule has 1 atom stereocenters. The molecule has 2 N–H and O–H groups in total. The zero-order chi connectivity index (χ0) is 17.6. The number of carboxylic acids is 1. The van der Waals surface area contributed by atoms with Gasteiger partial charge in [0.15, 0.2) is 0 Å². The molecule has 0 aromatic rings. The SMILES string of the molecule is CC#CCC(C)CC1(C(=O)NC2CCC(C(=O)O)CC2)CCCC1. The Hall–Kier alpha value is -1.50. The van der Waals surface area contributed by atoms with Crippen LogP contribution < -0.4 is 5.32 Å². The molecule has 2 aliphatic rings. The molecule has 0 heterocycles. The third kappa shape index (κ3) is 4.75. The van der Waals surface area contributed by atoms with Gasteiger partial charge in [0.1, 0.15) is 0 Å². The highest BCUT2D eigenvalue weighted by Crippen LogP contribution is 2.44. The largest absolute Gasteiger partial charge is 0.481 e. The lowest BCUT2D eigenvalue weighted by Gasteiger charge is -2.34. The molecule has 4 nitrogen and oxygen atoms in total. The van der Waals surface area contributed by atoms with Gasteiger partial charge in [-0.25, -0.2) is 0 Å². The lowest BCUT2D eigenvalue weighted by Crippen LogP contribution is -2.46. The van der Waals surface area contributed by atoms with Crippen LogP contribution in [-0.4, -0.2) is 23.0 Å². The minimum absolute atomic E-state index is 0.149. The van der Waals surface area contributed by atoms with Crippen molar-refractivity contribution in [3.8, 4) is 11.8 Å². The standard InChI is InChI=1S/C20H31NO3/c1-3-4-7-15(2)14-20(12-5-6-13-20)19(24)21-17-10-8-16(9-11-17)18(22)23/h15-17H,5-14H2,1-2H3,(H,21,24)(H,22,23). The molecule has 2 fully saturated rings. The molecular formula is C20H31NO3. The van der Waals surface area contributed by atoms with Crippen molar-refractivity contribution in [2.75, 3.05) is 0 Å². The highest BCUT2D eigenvalue weighted by molar-refractivity contribution is 5.83. The Bertz CT molecular complexity index is 503. The maximum atomic E-state index is 13.0. The fourth-order valence-electron chi connectivity index (χ4n) is 4.41. The molecule has 2 aliphatic carbocycles. The molecule has 134 valence electrons. The van der Waals surface area contributed by atoms with Crippen LogP contribution >= 0.6 is 0 Å². The van der Waals surface area contributed by atoms with Crippen molar-refractivity contribution in [2.24, 2.45) is 17.3 Å². The zero-order valence-corrected chi connectivity index (χ0v) is 15.1. The van der Waals surface area contributed by atoms with Crippen LogP contribution in [0.2, 0.25) is 0 Å². The summed E-state index contributed by atoms with van der Waals surface area (Å²) >= 11 is 0. The summed E-state index contributed by atoms with van der Waals surface area (Å²) in [5.41, 5.74) is -0.224. The zero-order valence-electron chi connectivity index (χ0n) is 15.1. The fourth-order valence-corrected chi connectivity index (χ4v) is 4.41. The summed E-state index contributed by atoms with van der Waals surface area (Å²) in [4.78, 5) is 24.0. The molecule has 1 unspecified atom stereocenters. The van der Waals surface area contributed by atoms with Crippen LogP contribution in [0.15, 0.2) is 0 Å². The highest BCUT2D eigenvalue weighted by atomic mass is 16.4. The molecule has 0 aliphatic heterocycles. The minimum atomic E-state index is -0.696. The quantitative estimate of drug-likeness (QED) is 0.728. The molecule has 0 aromatic carbocycles. The second-order valence-corrected chi connectivity index (χ2v) is 7.79. The summed E-state index contributed by atoms with van der Waals surface area (Å²) in [5, 5.41) is 12.3. The number of carbonyl (C=O) groups excluding carboxylic acids is 1. The minimum Gasteiger partial charge on any atom is -0.481 e. The van der Waals surface area contributed by atoms with Crippen LogP contribution in [-0.2, 0) is 9.59 Å². The molecule has 2 saturated carbocycles. The van der Waals surface area contributed by atoms with E-state index in [1.54, 1.807) is 0 Å². The Kier molecular flexibility index (Phi) is 6.71. The predicted octanol–water partition coefficient (Wildman–Crippen LogP) is 3.75. The van der Waals surface area contributed by atoms with E-state index in [0.29, 0.717) is 18.8 Å². The molecule has 0 aromatic heterocycles. The molecular weight excluding hydrogens is 302 g/mol. The van der Waals surface area contributed by atoms with Gasteiger partial charge >= 0.3 is 5.97 Å². The number of carbonyl (C=O) groups is 2. The average molecular weight is 333 g/mol. The first-order valence-corrected chi connectivity index (χ1v) is 9.40. The highest BCUT2D eigenvalue weighted by Gasteiger charge is 2.42. The van der Waals surface area contributed by atoms with Gasteiger partial charge in [0.05, 0.1) is 5.92 Å². The van der Waals surface area contributed by atoms with Gasteiger partial charge in [0, 0.05) is 17.9 Å². The summed E-state index contributed by atoms with van der Waals surface area (Å²) in [6.45, 7) is 4.05. The summed E-state index contributed by atoms with van der Waals surface area (Å²) in [6.07, 6.45) is 8.92. The fraction of sp³-hybridized carbons (Fsp3) is 0.800. The van der Waals surface area contributed by atoms with Crippen molar-refractivity contribution >= 4 is 11.9 Å². The normalized spacial score (nSPS) is 26.9. The Labute approximate surface area is 145 Å². The molecule has 0 saturated heterocycles. The van der Waals surface area contributed by atoms with Crippen molar-refractivity contribution < 1.29 is 14.7 Å². The third-order valence-electron chi connectivity index (χ3n) is 5.82. The van der Waals surface area contributed by atoms with E-state index in [1.165, 1.54) is 0 Å². The van der Waals surface area contributed by atoms with E-state index in [2.05, 4.69) is 24.1 Å². The first-order chi connectivity index (χ1) is 11.5. The van der Waals surface area contributed by atoms with Crippen molar-refractivity contribution in [1.29, 1.82) is 0 Å². The second-order valence-electron chi connectivity index (χ2n) is 7.79. The van der Waals surface area contributed by atoms with Gasteiger partial charge in [-0.15, -0.1) is 11.8 Å². The maximum absolute atomic E-state index is 13.0. The molecule has 0 radical (unpaired) electrons. The van der Waals surface area contributed by atoms with Crippen LogP contribution in [0.25, 0.3) is 0 Å². The molecule has 4 heteroatoms. The number of hydrogen-bond acceptors (Lipinski definition) is 2. The van der Waals surface area contributed by atoms with E-state index in [9.17, 15) is 9.59 Å². The Morgan fingerprint density at radius 3 is 2.38 bits per heavy atom. The summed E-state index contributed by atoms with van der Waals surface area (Å²) < 4.78 is 0. The second kappa shape index (κ2) is 8.55. The van der Waals surface area contributed by atoms with Gasteiger partial charge in [-0.2, -0.15) is 0 Å². The van der Waals surface area contributed by atoms with E-state index in [0.717, 1.165) is 51.4 Å². The number of aliphatic carboxylic acids is 1. The molecule has 0 bridgehead atoms. The van der Waals surface area contributed by atoms with Gasteiger partial charge < -0.3 is 10.4 Å². The number of amides is 1. The van der Waals surface area contributed by atoms with Gasteiger partial charge in [-0.3, -0.25) is 9.59 Å². The van der Waals surface area contributed by atoms with Crippen LogP contribution in [0.5, 0.6) is 0 Å². The van der Waals surface area contributed by atoms with E-state index in [-0.39, 0.29) is 23.3 Å². The number of nitrogens with one attached hydrogen (secondary N) is 1. The first kappa shape index (κ1) is 18.8. The maximum Gasteiger partial charge on any atom is 0.306 e. The predicted molar refractivity (Wildman–Crippen MR) is 94.3 cm³/mol. The van der Waals surface area contributed by atoms with Gasteiger partial charge in [0.2, 0.25) is 5.91 Å². The first-order valence-electron chi connectivity index (χ1n) is 9.40. The monoisotopic (exact) mass is 333 g/mol. The molecule has 1 amide bonds. The van der Waals surface area contributed by atoms with Crippen molar-refractivity contribution in [3.63, 3.8) is 0 Å². The Morgan fingerprint density at radius 2 is 1.83 bits per heavy atom. The van der Waals surface area contributed by atoms with E-state index < -0.39 is 5.97 Å². The topological polar surface area (TPSA) is 66.4 Å². The van der Waals surface area contributed by atoms with Crippen LogP contribution in [0.4, 0.5) is 0 Å². The van der Waals surface area contributed by atoms with Crippen molar-refractivity contribution in [1.82, 2.24) is 5.32 Å². The number of rotatable bonds is 6. The van der Waals surface area contributed by atoms with Crippen LogP contribution in [0.1, 0.15) is 78.1 Å². The number of carboxylic acid groups (broad SMARTS) is 1. The lowest BCUT2D eigenvalue weighted by atomic mass is 9.76. The van der Waals surface area contributed by atoms with Gasteiger partial charge in [-0.05, 0) is 57.8 Å². The molecule has 24 heavy (non-hydrogen) atoms. The van der Waals surface area contributed by atoms with E-state index in [1.807, 2.05) is 6.92 Å². The van der Waals surface area contributed by atoms with E-state index >= 15 is 0 Å². The van der Waals surface area contributed by atoms with Crippen molar-refractivity contribution in [2.45, 2.75) is 84.1 Å². The smallest absolute Gasteiger partial charge is 0.306 e. The lowest BCUT2D eigenvalue weighted by molar-refractivity contribution is -0.143. The summed E-state index contributed by atoms with van der Waals surface area (Å²) in [7, 11) is 0. The van der Waals surface area contributed by atoms with Crippen LogP contribution in [0, 0.1) is 29.1 Å². The summed E-state index contributed by atoms with van der Waals surface area (Å²) in [6, 6.07) is 0.149. The van der Waals surface area contributed by atoms with Crippen molar-refractivity contribution in [3.05, 3.63) is 0 Å². The number of hydrogen-bond donors (Lipinski definition) is 2. The Balaban J connectivity index is 1.92. The van der Waals surface area contributed by atoms with Gasteiger partial charge in [0.25, 0.3) is 0 Å². The van der Waals surface area contributed by atoms with Crippen LogP contribution in [0.3, 0.4) is 0 Å². The molecule has 2 rings (SSSR count).